The van der Waals surface area contributed by atoms with Crippen LogP contribution in [0.25, 0.3) is 0 Å². The summed E-state index contributed by atoms with van der Waals surface area (Å²) in [6, 6.07) is 18.5. The van der Waals surface area contributed by atoms with E-state index in [9.17, 15) is 13.2 Å². The van der Waals surface area contributed by atoms with Crippen LogP contribution in [0.1, 0.15) is 12.5 Å². The third kappa shape index (κ3) is 3.99. The van der Waals surface area contributed by atoms with Crippen LogP contribution in [-0.4, -0.2) is 20.9 Å². The lowest BCUT2D eigenvalue weighted by atomic mass is 10.2. The number of nitrogens with zero attached hydrogens (tertiary/aromatic N) is 1. The van der Waals surface area contributed by atoms with Crippen LogP contribution in [0.2, 0.25) is 5.02 Å². The molecule has 3 aromatic carbocycles. The second-order valence-electron chi connectivity index (χ2n) is 6.85. The molecule has 0 aliphatic carbocycles. The Morgan fingerprint density at radius 1 is 1.03 bits per heavy atom. The highest BCUT2D eigenvalue weighted by Gasteiger charge is 2.25. The molecule has 1 N–H and O–H groups in total. The fourth-order valence-electron chi connectivity index (χ4n) is 3.36. The van der Waals surface area contributed by atoms with E-state index in [4.69, 9.17) is 16.3 Å². The van der Waals surface area contributed by atoms with E-state index in [-0.39, 0.29) is 10.8 Å². The molecule has 1 aliphatic rings. The average molecular weight is 443 g/mol. The van der Waals surface area contributed by atoms with E-state index < -0.39 is 10.0 Å². The van der Waals surface area contributed by atoms with Crippen LogP contribution < -0.4 is 14.4 Å². The number of anilines is 2. The quantitative estimate of drug-likeness (QED) is 0.613. The predicted octanol–water partition coefficient (Wildman–Crippen LogP) is 4.84. The summed E-state index contributed by atoms with van der Waals surface area (Å²) < 4.78 is 34.5. The van der Waals surface area contributed by atoms with E-state index in [1.165, 1.54) is 13.0 Å². The van der Waals surface area contributed by atoms with Gasteiger partial charge in [0.05, 0.1) is 15.6 Å². The smallest absolute Gasteiger partial charge is 0.262 e. The molecule has 3 aromatic rings. The minimum absolute atomic E-state index is 0.0619. The monoisotopic (exact) mass is 442 g/mol. The van der Waals surface area contributed by atoms with Crippen LogP contribution in [0.15, 0.2) is 71.6 Å². The van der Waals surface area contributed by atoms with Crippen molar-refractivity contribution in [2.75, 3.05) is 16.2 Å². The number of nitrogens with one attached hydrogen (secondary N) is 1. The minimum atomic E-state index is -3.86. The van der Waals surface area contributed by atoms with Crippen LogP contribution in [0, 0.1) is 0 Å². The van der Waals surface area contributed by atoms with Gasteiger partial charge in [-0.3, -0.25) is 9.52 Å². The van der Waals surface area contributed by atoms with E-state index in [2.05, 4.69) is 4.72 Å². The molecule has 0 aromatic heterocycles. The van der Waals surface area contributed by atoms with Gasteiger partial charge in [-0.15, -0.1) is 0 Å². The first-order valence-electron chi connectivity index (χ1n) is 9.30. The number of carbonyl (C=O) groups excluding carboxylic acids is 1. The number of hydrogen-bond donors (Lipinski definition) is 1. The summed E-state index contributed by atoms with van der Waals surface area (Å²) in [4.78, 5) is 13.5. The van der Waals surface area contributed by atoms with Gasteiger partial charge in [0, 0.05) is 19.2 Å². The third-order valence-electron chi connectivity index (χ3n) is 4.82. The lowest BCUT2D eigenvalue weighted by Gasteiger charge is -2.16. The molecule has 0 fully saturated rings. The van der Waals surface area contributed by atoms with Crippen molar-refractivity contribution < 1.29 is 17.9 Å². The van der Waals surface area contributed by atoms with Gasteiger partial charge in [-0.05, 0) is 54.4 Å². The molecule has 0 unspecified atom stereocenters. The fourth-order valence-corrected chi connectivity index (χ4v) is 4.66. The molecule has 6 nitrogen and oxygen atoms in total. The molecular weight excluding hydrogens is 424 g/mol. The van der Waals surface area contributed by atoms with Crippen molar-refractivity contribution in [3.63, 3.8) is 0 Å². The lowest BCUT2D eigenvalue weighted by molar-refractivity contribution is -0.116. The van der Waals surface area contributed by atoms with E-state index in [1.54, 1.807) is 65.6 Å². The van der Waals surface area contributed by atoms with Crippen molar-refractivity contribution in [1.82, 2.24) is 0 Å². The number of para-hydroxylation sites is 3. The summed E-state index contributed by atoms with van der Waals surface area (Å²) >= 11 is 6.15. The number of carbonyl (C=O) groups is 1. The molecule has 1 amide bonds. The van der Waals surface area contributed by atoms with Gasteiger partial charge in [-0.25, -0.2) is 8.42 Å². The van der Waals surface area contributed by atoms with Gasteiger partial charge in [0.25, 0.3) is 10.0 Å². The zero-order chi connectivity index (χ0) is 21.3. The van der Waals surface area contributed by atoms with Crippen LogP contribution in [-0.2, 0) is 21.2 Å². The van der Waals surface area contributed by atoms with Crippen molar-refractivity contribution >= 4 is 38.9 Å². The normalized spacial score (nSPS) is 13.1. The standard InChI is InChI=1S/C22H19ClN2O4S/c1-15(26)25-13-12-16-14-17(10-11-20(16)25)30(27,28)24-19-7-3-5-9-22(19)29-21-8-4-2-6-18(21)23/h2-11,14,24H,12-13H2,1H3. The zero-order valence-electron chi connectivity index (χ0n) is 16.1. The maximum atomic E-state index is 13.0. The number of benzene rings is 3. The Balaban J connectivity index is 1.62. The number of amides is 1. The van der Waals surface area contributed by atoms with Crippen LogP contribution in [0.3, 0.4) is 0 Å². The molecule has 0 bridgehead atoms. The Bertz CT molecular complexity index is 1230. The Hall–Kier alpha value is -3.03. The summed E-state index contributed by atoms with van der Waals surface area (Å²) in [7, 11) is -3.86. The zero-order valence-corrected chi connectivity index (χ0v) is 17.7. The molecule has 0 saturated carbocycles. The number of hydrogen-bond acceptors (Lipinski definition) is 4. The van der Waals surface area contributed by atoms with E-state index in [1.807, 2.05) is 0 Å². The molecule has 1 heterocycles. The predicted molar refractivity (Wildman–Crippen MR) is 117 cm³/mol. The second-order valence-corrected chi connectivity index (χ2v) is 8.93. The lowest BCUT2D eigenvalue weighted by Crippen LogP contribution is -2.25. The van der Waals surface area contributed by atoms with Crippen molar-refractivity contribution in [1.29, 1.82) is 0 Å². The average Bonchev–Trinajstić information content (AvgIpc) is 3.14. The van der Waals surface area contributed by atoms with E-state index in [0.29, 0.717) is 35.2 Å². The number of halogens is 1. The Kier molecular flexibility index (Phi) is 5.40. The first kappa shape index (κ1) is 20.3. The number of sulfonamides is 1. The third-order valence-corrected chi connectivity index (χ3v) is 6.50. The number of ether oxygens (including phenoxy) is 1. The molecule has 4 rings (SSSR count). The Morgan fingerprint density at radius 3 is 2.47 bits per heavy atom. The van der Waals surface area contributed by atoms with Crippen LogP contribution in [0.5, 0.6) is 11.5 Å². The van der Waals surface area contributed by atoms with Gasteiger partial charge in [-0.1, -0.05) is 35.9 Å². The summed E-state index contributed by atoms with van der Waals surface area (Å²) in [5.74, 6) is 0.693. The van der Waals surface area contributed by atoms with Crippen molar-refractivity contribution in [2.45, 2.75) is 18.2 Å². The molecule has 0 saturated heterocycles. The van der Waals surface area contributed by atoms with Crippen molar-refractivity contribution in [3.05, 3.63) is 77.3 Å². The maximum absolute atomic E-state index is 13.0. The van der Waals surface area contributed by atoms with Gasteiger partial charge in [0.15, 0.2) is 5.75 Å². The molecule has 8 heteroatoms. The van der Waals surface area contributed by atoms with Gasteiger partial charge in [0.2, 0.25) is 5.91 Å². The van der Waals surface area contributed by atoms with Gasteiger partial charge in [-0.2, -0.15) is 0 Å². The number of fused-ring (bicyclic) bond motifs is 1. The maximum Gasteiger partial charge on any atom is 0.262 e. The van der Waals surface area contributed by atoms with Gasteiger partial charge < -0.3 is 9.64 Å². The van der Waals surface area contributed by atoms with E-state index >= 15 is 0 Å². The molecule has 30 heavy (non-hydrogen) atoms. The minimum Gasteiger partial charge on any atom is -0.454 e. The molecule has 154 valence electrons. The summed E-state index contributed by atoms with van der Waals surface area (Å²) in [5, 5.41) is 0.420. The van der Waals surface area contributed by atoms with Crippen LogP contribution >= 0.6 is 11.6 Å². The fraction of sp³-hybridized carbons (Fsp3) is 0.136. The molecule has 1 aliphatic heterocycles. The van der Waals surface area contributed by atoms with Crippen molar-refractivity contribution in [2.24, 2.45) is 0 Å². The summed E-state index contributed by atoms with van der Waals surface area (Å²) in [6.07, 6.45) is 0.616. The Labute approximate surface area is 180 Å². The molecule has 0 radical (unpaired) electrons. The van der Waals surface area contributed by atoms with Crippen molar-refractivity contribution in [3.8, 4) is 11.5 Å². The molecule has 0 spiro atoms. The second kappa shape index (κ2) is 8.01. The molecule has 0 atom stereocenters. The van der Waals surface area contributed by atoms with Gasteiger partial charge >= 0.3 is 0 Å². The highest BCUT2D eigenvalue weighted by atomic mass is 35.5. The highest BCUT2D eigenvalue weighted by molar-refractivity contribution is 7.92. The molecular formula is C22H19ClN2O4S. The van der Waals surface area contributed by atoms with E-state index in [0.717, 1.165) is 11.3 Å². The summed E-state index contributed by atoms with van der Waals surface area (Å²) in [5.41, 5.74) is 1.88. The summed E-state index contributed by atoms with van der Waals surface area (Å²) in [6.45, 7) is 2.05. The highest BCUT2D eigenvalue weighted by Crippen LogP contribution is 2.35. The van der Waals surface area contributed by atoms with Gasteiger partial charge in [0.1, 0.15) is 5.75 Å². The van der Waals surface area contributed by atoms with Crippen LogP contribution in [0.4, 0.5) is 11.4 Å². The Morgan fingerprint density at radius 2 is 1.73 bits per heavy atom. The first-order chi connectivity index (χ1) is 14.3. The number of rotatable bonds is 5. The SMILES string of the molecule is CC(=O)N1CCc2cc(S(=O)(=O)Nc3ccccc3Oc3ccccc3Cl)ccc21. The first-order valence-corrected chi connectivity index (χ1v) is 11.2. The largest absolute Gasteiger partial charge is 0.454 e. The topological polar surface area (TPSA) is 75.7 Å².